The van der Waals surface area contributed by atoms with Crippen LogP contribution in [0.2, 0.25) is 0 Å². The smallest absolute Gasteiger partial charge is 0.241 e. The van der Waals surface area contributed by atoms with Crippen molar-refractivity contribution >= 4 is 23.1 Å². The van der Waals surface area contributed by atoms with Gasteiger partial charge in [-0.3, -0.25) is 14.6 Å². The molecule has 9 nitrogen and oxygen atoms in total. The molecule has 0 aliphatic carbocycles. The SMILES string of the molecule is Cc1cc(NC(=O)CN2CCN(Cc3nc(-c4cccs4)no3)CC2)no1. The average Bonchev–Trinajstić information content (AvgIpc) is 3.39. The van der Waals surface area contributed by atoms with Gasteiger partial charge in [-0.15, -0.1) is 11.3 Å². The molecule has 0 atom stereocenters. The summed E-state index contributed by atoms with van der Waals surface area (Å²) >= 11 is 1.59. The van der Waals surface area contributed by atoms with Gasteiger partial charge in [0, 0.05) is 32.2 Å². The topological polar surface area (TPSA) is 101 Å². The molecule has 0 saturated carbocycles. The van der Waals surface area contributed by atoms with E-state index in [4.69, 9.17) is 9.05 Å². The van der Waals surface area contributed by atoms with E-state index in [-0.39, 0.29) is 5.91 Å². The second kappa shape index (κ2) is 7.99. The fourth-order valence-corrected chi connectivity index (χ4v) is 3.58. The third kappa shape index (κ3) is 4.59. The molecule has 142 valence electrons. The van der Waals surface area contributed by atoms with Crippen LogP contribution < -0.4 is 5.32 Å². The molecule has 3 aromatic rings. The summed E-state index contributed by atoms with van der Waals surface area (Å²) < 4.78 is 10.3. The van der Waals surface area contributed by atoms with E-state index < -0.39 is 0 Å². The van der Waals surface area contributed by atoms with E-state index in [9.17, 15) is 4.79 Å². The van der Waals surface area contributed by atoms with Gasteiger partial charge in [0.15, 0.2) is 5.82 Å². The molecule has 4 rings (SSSR count). The van der Waals surface area contributed by atoms with E-state index in [1.165, 1.54) is 0 Å². The Hall–Kier alpha value is -2.56. The number of piperazine rings is 1. The van der Waals surface area contributed by atoms with Crippen molar-refractivity contribution in [3.05, 3.63) is 35.2 Å². The van der Waals surface area contributed by atoms with Crippen LogP contribution in [0.1, 0.15) is 11.7 Å². The van der Waals surface area contributed by atoms with Gasteiger partial charge in [0.25, 0.3) is 0 Å². The molecule has 0 unspecified atom stereocenters. The summed E-state index contributed by atoms with van der Waals surface area (Å²) in [4.78, 5) is 21.9. The Bertz CT molecular complexity index is 882. The summed E-state index contributed by atoms with van der Waals surface area (Å²) in [6.07, 6.45) is 0. The first-order valence-corrected chi connectivity index (χ1v) is 9.58. The normalized spacial score (nSPS) is 15.9. The Labute approximate surface area is 159 Å². The Balaban J connectivity index is 1.22. The highest BCUT2D eigenvalue weighted by atomic mass is 32.1. The number of aryl methyl sites for hydroxylation is 1. The van der Waals surface area contributed by atoms with Crippen LogP contribution in [0, 0.1) is 6.92 Å². The summed E-state index contributed by atoms with van der Waals surface area (Å²) in [5.74, 6) is 2.29. The van der Waals surface area contributed by atoms with Crippen molar-refractivity contribution in [1.82, 2.24) is 25.1 Å². The predicted molar refractivity (Wildman–Crippen MR) is 99.2 cm³/mol. The van der Waals surface area contributed by atoms with E-state index in [0.29, 0.717) is 36.4 Å². The standard InChI is InChI=1S/C17H20N6O3S/c1-12-9-14(20-25-12)18-15(24)10-22-4-6-23(7-5-22)11-16-19-17(21-26-16)13-3-2-8-27-13/h2-3,8-9H,4-7,10-11H2,1H3,(H,18,20,24). The highest BCUT2D eigenvalue weighted by Gasteiger charge is 2.21. The van der Waals surface area contributed by atoms with E-state index in [1.54, 1.807) is 24.3 Å². The maximum absolute atomic E-state index is 12.1. The lowest BCUT2D eigenvalue weighted by Crippen LogP contribution is -2.48. The molecule has 1 N–H and O–H groups in total. The summed E-state index contributed by atoms with van der Waals surface area (Å²) in [5, 5.41) is 12.5. The molecule has 0 aromatic carbocycles. The van der Waals surface area contributed by atoms with Gasteiger partial charge < -0.3 is 14.4 Å². The molecule has 0 spiro atoms. The number of aromatic nitrogens is 3. The Morgan fingerprint density at radius 2 is 2.04 bits per heavy atom. The van der Waals surface area contributed by atoms with E-state index in [1.807, 2.05) is 17.5 Å². The minimum atomic E-state index is -0.0887. The number of thiophene rings is 1. The maximum Gasteiger partial charge on any atom is 0.241 e. The second-order valence-electron chi connectivity index (χ2n) is 6.41. The number of carbonyl (C=O) groups excluding carboxylic acids is 1. The van der Waals surface area contributed by atoms with Crippen LogP contribution in [0.25, 0.3) is 10.7 Å². The van der Waals surface area contributed by atoms with Crippen molar-refractivity contribution in [3.63, 3.8) is 0 Å². The number of amides is 1. The van der Waals surface area contributed by atoms with Gasteiger partial charge in [0.1, 0.15) is 5.76 Å². The number of nitrogens with zero attached hydrogens (tertiary/aromatic N) is 5. The maximum atomic E-state index is 12.1. The fraction of sp³-hybridized carbons (Fsp3) is 0.412. The minimum absolute atomic E-state index is 0.0887. The zero-order valence-corrected chi connectivity index (χ0v) is 15.7. The molecular formula is C17H20N6O3S. The molecule has 10 heteroatoms. The third-order valence-corrected chi connectivity index (χ3v) is 5.16. The van der Waals surface area contributed by atoms with Gasteiger partial charge in [0.2, 0.25) is 17.6 Å². The van der Waals surface area contributed by atoms with Crippen molar-refractivity contribution in [3.8, 4) is 10.7 Å². The Morgan fingerprint density at radius 3 is 2.74 bits per heavy atom. The molecule has 0 radical (unpaired) electrons. The number of carbonyl (C=O) groups is 1. The van der Waals surface area contributed by atoms with Crippen molar-refractivity contribution in [2.75, 3.05) is 38.0 Å². The molecule has 0 bridgehead atoms. The van der Waals surface area contributed by atoms with Crippen LogP contribution in [0.5, 0.6) is 0 Å². The summed E-state index contributed by atoms with van der Waals surface area (Å²) in [7, 11) is 0. The zero-order chi connectivity index (χ0) is 18.6. The molecule has 27 heavy (non-hydrogen) atoms. The van der Waals surface area contributed by atoms with Gasteiger partial charge in [-0.25, -0.2) is 0 Å². The third-order valence-electron chi connectivity index (χ3n) is 4.30. The van der Waals surface area contributed by atoms with Crippen molar-refractivity contribution in [1.29, 1.82) is 0 Å². The Kier molecular flexibility index (Phi) is 5.28. The van der Waals surface area contributed by atoms with Crippen LogP contribution in [0.4, 0.5) is 5.82 Å². The first-order valence-electron chi connectivity index (χ1n) is 8.70. The fourth-order valence-electron chi connectivity index (χ4n) is 2.93. The summed E-state index contributed by atoms with van der Waals surface area (Å²) in [6.45, 7) is 6.03. The van der Waals surface area contributed by atoms with Crippen LogP contribution >= 0.6 is 11.3 Å². The number of hydrogen-bond acceptors (Lipinski definition) is 9. The van der Waals surface area contributed by atoms with Gasteiger partial charge in [-0.1, -0.05) is 16.4 Å². The molecule has 4 heterocycles. The molecule has 1 fully saturated rings. The monoisotopic (exact) mass is 388 g/mol. The van der Waals surface area contributed by atoms with E-state index in [2.05, 4.69) is 30.4 Å². The van der Waals surface area contributed by atoms with Crippen molar-refractivity contribution < 1.29 is 13.8 Å². The first-order chi connectivity index (χ1) is 13.2. The quantitative estimate of drug-likeness (QED) is 0.683. The number of anilines is 1. The minimum Gasteiger partial charge on any atom is -0.360 e. The highest BCUT2D eigenvalue weighted by molar-refractivity contribution is 7.13. The first kappa shape index (κ1) is 17.8. The largest absolute Gasteiger partial charge is 0.360 e. The second-order valence-corrected chi connectivity index (χ2v) is 7.36. The summed E-state index contributed by atoms with van der Waals surface area (Å²) in [6, 6.07) is 5.64. The van der Waals surface area contributed by atoms with Crippen molar-refractivity contribution in [2.24, 2.45) is 0 Å². The van der Waals surface area contributed by atoms with E-state index >= 15 is 0 Å². The Morgan fingerprint density at radius 1 is 1.22 bits per heavy atom. The lowest BCUT2D eigenvalue weighted by molar-refractivity contribution is -0.117. The van der Waals surface area contributed by atoms with Gasteiger partial charge >= 0.3 is 0 Å². The number of rotatable bonds is 6. The molecular weight excluding hydrogens is 368 g/mol. The van der Waals surface area contributed by atoms with Crippen LogP contribution in [0.15, 0.2) is 32.6 Å². The average molecular weight is 388 g/mol. The van der Waals surface area contributed by atoms with Gasteiger partial charge in [-0.2, -0.15) is 4.98 Å². The highest BCUT2D eigenvalue weighted by Crippen LogP contribution is 2.21. The molecule has 3 aromatic heterocycles. The molecule has 1 aliphatic heterocycles. The molecule has 1 aliphatic rings. The van der Waals surface area contributed by atoms with Crippen LogP contribution in [-0.4, -0.2) is 63.7 Å². The van der Waals surface area contributed by atoms with Gasteiger partial charge in [-0.05, 0) is 18.4 Å². The molecule has 1 amide bonds. The lowest BCUT2D eigenvalue weighted by atomic mass is 10.3. The van der Waals surface area contributed by atoms with Crippen molar-refractivity contribution in [2.45, 2.75) is 13.5 Å². The zero-order valence-electron chi connectivity index (χ0n) is 14.9. The predicted octanol–water partition coefficient (Wildman–Crippen LogP) is 1.85. The number of hydrogen-bond donors (Lipinski definition) is 1. The number of nitrogens with one attached hydrogen (secondary N) is 1. The lowest BCUT2D eigenvalue weighted by Gasteiger charge is -2.33. The summed E-state index contributed by atoms with van der Waals surface area (Å²) in [5.41, 5.74) is 0. The van der Waals surface area contributed by atoms with Crippen LogP contribution in [-0.2, 0) is 11.3 Å². The van der Waals surface area contributed by atoms with Gasteiger partial charge in [0.05, 0.1) is 18.0 Å². The van der Waals surface area contributed by atoms with E-state index in [0.717, 1.165) is 31.1 Å². The molecule has 1 saturated heterocycles. The van der Waals surface area contributed by atoms with Crippen LogP contribution in [0.3, 0.4) is 0 Å².